The molecule has 1 aliphatic carbocycles. The van der Waals surface area contributed by atoms with Crippen molar-refractivity contribution in [2.45, 2.75) is 52.4 Å². The van der Waals surface area contributed by atoms with Crippen molar-refractivity contribution in [3.8, 4) is 0 Å². The van der Waals surface area contributed by atoms with Crippen LogP contribution in [0.4, 0.5) is 0 Å². The Hall–Kier alpha value is -1.22. The number of aliphatic hydroxyl groups excluding tert-OH is 1. The summed E-state index contributed by atoms with van der Waals surface area (Å²) in [6.45, 7) is 4.56. The number of aryl methyl sites for hydroxylation is 1. The SMILES string of the molecule is CCCC[C@@H](CO)CCC1=CCc2c(C)ncnc21. The first kappa shape index (κ1) is 14.2. The Kier molecular flexibility index (Phi) is 5.08. The van der Waals surface area contributed by atoms with Gasteiger partial charge in [-0.1, -0.05) is 25.8 Å². The molecule has 0 bridgehead atoms. The molecular weight excluding hydrogens is 236 g/mol. The lowest BCUT2D eigenvalue weighted by Crippen LogP contribution is -2.06. The Balaban J connectivity index is 1.93. The lowest BCUT2D eigenvalue weighted by atomic mass is 9.94. The molecule has 0 spiro atoms. The number of unbranched alkanes of at least 4 members (excludes halogenated alkanes) is 1. The Morgan fingerprint density at radius 3 is 2.89 bits per heavy atom. The van der Waals surface area contributed by atoms with Gasteiger partial charge >= 0.3 is 0 Å². The largest absolute Gasteiger partial charge is 0.396 e. The zero-order valence-corrected chi connectivity index (χ0v) is 12.0. The van der Waals surface area contributed by atoms with Gasteiger partial charge in [-0.2, -0.15) is 0 Å². The van der Waals surface area contributed by atoms with Crippen LogP contribution >= 0.6 is 0 Å². The van der Waals surface area contributed by atoms with Gasteiger partial charge in [-0.3, -0.25) is 0 Å². The molecule has 104 valence electrons. The molecule has 0 aliphatic heterocycles. The second-order valence-electron chi connectivity index (χ2n) is 5.45. The molecule has 0 fully saturated rings. The second-order valence-corrected chi connectivity index (χ2v) is 5.45. The quantitative estimate of drug-likeness (QED) is 0.818. The molecule has 3 nitrogen and oxygen atoms in total. The van der Waals surface area contributed by atoms with E-state index >= 15 is 0 Å². The maximum atomic E-state index is 9.42. The summed E-state index contributed by atoms with van der Waals surface area (Å²) < 4.78 is 0. The highest BCUT2D eigenvalue weighted by Crippen LogP contribution is 2.31. The van der Waals surface area contributed by atoms with E-state index in [1.165, 1.54) is 24.0 Å². The fourth-order valence-electron chi connectivity index (χ4n) is 2.74. The number of nitrogens with zero attached hydrogens (tertiary/aromatic N) is 2. The van der Waals surface area contributed by atoms with E-state index in [1.54, 1.807) is 6.33 Å². The van der Waals surface area contributed by atoms with Gasteiger partial charge < -0.3 is 5.11 Å². The van der Waals surface area contributed by atoms with Crippen LogP contribution in [0.5, 0.6) is 0 Å². The third-order valence-corrected chi connectivity index (χ3v) is 4.06. The van der Waals surface area contributed by atoms with E-state index < -0.39 is 0 Å². The molecule has 0 unspecified atom stereocenters. The van der Waals surface area contributed by atoms with Gasteiger partial charge in [0.25, 0.3) is 0 Å². The lowest BCUT2D eigenvalue weighted by molar-refractivity contribution is 0.209. The molecule has 1 heterocycles. The van der Waals surface area contributed by atoms with Crippen LogP contribution in [0, 0.1) is 12.8 Å². The van der Waals surface area contributed by atoms with Crippen molar-refractivity contribution in [2.24, 2.45) is 5.92 Å². The molecule has 1 atom stereocenters. The standard InChI is InChI=1S/C16H24N2O/c1-3-4-5-13(10-19)6-7-14-8-9-15-12(2)17-11-18-16(14)15/h8,11,13,19H,3-7,9-10H2,1-2H3/t13-/m1/s1. The van der Waals surface area contributed by atoms with E-state index in [-0.39, 0.29) is 0 Å². The Labute approximate surface area is 115 Å². The minimum atomic E-state index is 0.308. The molecule has 0 saturated carbocycles. The van der Waals surface area contributed by atoms with E-state index in [0.717, 1.165) is 37.1 Å². The van der Waals surface area contributed by atoms with Crippen molar-refractivity contribution >= 4 is 5.57 Å². The molecule has 0 saturated heterocycles. The van der Waals surface area contributed by atoms with Crippen molar-refractivity contribution in [1.29, 1.82) is 0 Å². The number of allylic oxidation sites excluding steroid dienone is 2. The Bertz CT molecular complexity index is 454. The topological polar surface area (TPSA) is 46.0 Å². The van der Waals surface area contributed by atoms with Gasteiger partial charge in [-0.25, -0.2) is 9.97 Å². The number of aliphatic hydroxyl groups is 1. The normalized spacial score (nSPS) is 15.2. The van der Waals surface area contributed by atoms with Crippen molar-refractivity contribution in [3.05, 3.63) is 29.4 Å². The molecule has 1 N–H and O–H groups in total. The monoisotopic (exact) mass is 260 g/mol. The zero-order chi connectivity index (χ0) is 13.7. The lowest BCUT2D eigenvalue weighted by Gasteiger charge is -2.14. The van der Waals surface area contributed by atoms with E-state index in [1.807, 2.05) is 0 Å². The van der Waals surface area contributed by atoms with E-state index in [2.05, 4.69) is 29.9 Å². The fourth-order valence-corrected chi connectivity index (χ4v) is 2.74. The molecule has 2 rings (SSSR count). The van der Waals surface area contributed by atoms with Crippen LogP contribution < -0.4 is 0 Å². The summed E-state index contributed by atoms with van der Waals surface area (Å²) in [6, 6.07) is 0. The number of hydrogen-bond acceptors (Lipinski definition) is 3. The van der Waals surface area contributed by atoms with Crippen LogP contribution in [0.3, 0.4) is 0 Å². The third-order valence-electron chi connectivity index (χ3n) is 4.06. The van der Waals surface area contributed by atoms with E-state index in [9.17, 15) is 5.11 Å². The van der Waals surface area contributed by atoms with Gasteiger partial charge in [0, 0.05) is 17.9 Å². The summed E-state index contributed by atoms with van der Waals surface area (Å²) in [6.07, 6.45) is 10.5. The van der Waals surface area contributed by atoms with Crippen LogP contribution in [0.2, 0.25) is 0 Å². The van der Waals surface area contributed by atoms with Gasteiger partial charge in [0.1, 0.15) is 6.33 Å². The van der Waals surface area contributed by atoms with Crippen LogP contribution in [0.25, 0.3) is 5.57 Å². The predicted octanol–water partition coefficient (Wildman–Crippen LogP) is 3.30. The third kappa shape index (κ3) is 3.41. The fraction of sp³-hybridized carbons (Fsp3) is 0.625. The van der Waals surface area contributed by atoms with Gasteiger partial charge in [-0.15, -0.1) is 0 Å². The van der Waals surface area contributed by atoms with Gasteiger partial charge in [0.15, 0.2) is 0 Å². The number of rotatable bonds is 7. The van der Waals surface area contributed by atoms with Gasteiger partial charge in [0.2, 0.25) is 0 Å². The van der Waals surface area contributed by atoms with Crippen LogP contribution in [-0.2, 0) is 6.42 Å². The zero-order valence-electron chi connectivity index (χ0n) is 12.0. The Morgan fingerprint density at radius 1 is 1.32 bits per heavy atom. The summed E-state index contributed by atoms with van der Waals surface area (Å²) in [5.41, 5.74) is 4.86. The van der Waals surface area contributed by atoms with E-state index in [0.29, 0.717) is 12.5 Å². The molecule has 1 aliphatic rings. The number of hydrogen-bond donors (Lipinski definition) is 1. The van der Waals surface area contributed by atoms with Crippen molar-refractivity contribution < 1.29 is 5.11 Å². The number of aromatic nitrogens is 2. The minimum Gasteiger partial charge on any atom is -0.396 e. The van der Waals surface area contributed by atoms with Crippen molar-refractivity contribution in [1.82, 2.24) is 9.97 Å². The maximum absolute atomic E-state index is 9.42. The highest BCUT2D eigenvalue weighted by atomic mass is 16.3. The summed E-state index contributed by atoms with van der Waals surface area (Å²) in [5, 5.41) is 9.42. The average molecular weight is 260 g/mol. The summed E-state index contributed by atoms with van der Waals surface area (Å²) in [4.78, 5) is 8.68. The molecule has 1 aromatic heterocycles. The molecule has 3 heteroatoms. The highest BCUT2D eigenvalue weighted by Gasteiger charge is 2.18. The highest BCUT2D eigenvalue weighted by molar-refractivity contribution is 5.70. The van der Waals surface area contributed by atoms with Crippen molar-refractivity contribution in [2.75, 3.05) is 6.61 Å². The number of fused-ring (bicyclic) bond motifs is 1. The molecule has 0 amide bonds. The molecule has 0 radical (unpaired) electrons. The molecular formula is C16H24N2O. The summed E-state index contributed by atoms with van der Waals surface area (Å²) in [7, 11) is 0. The van der Waals surface area contributed by atoms with Crippen molar-refractivity contribution in [3.63, 3.8) is 0 Å². The van der Waals surface area contributed by atoms with Crippen LogP contribution in [0.15, 0.2) is 12.4 Å². The van der Waals surface area contributed by atoms with Gasteiger partial charge in [-0.05, 0) is 44.1 Å². The summed E-state index contributed by atoms with van der Waals surface area (Å²) in [5.74, 6) is 0.438. The van der Waals surface area contributed by atoms with Crippen LogP contribution in [-0.4, -0.2) is 21.7 Å². The molecule has 19 heavy (non-hydrogen) atoms. The minimum absolute atomic E-state index is 0.308. The molecule has 1 aromatic rings. The smallest absolute Gasteiger partial charge is 0.116 e. The Morgan fingerprint density at radius 2 is 2.16 bits per heavy atom. The summed E-state index contributed by atoms with van der Waals surface area (Å²) >= 11 is 0. The first-order chi connectivity index (χ1) is 9.26. The second kappa shape index (κ2) is 6.80. The first-order valence-electron chi connectivity index (χ1n) is 7.37. The van der Waals surface area contributed by atoms with Gasteiger partial charge in [0.05, 0.1) is 5.69 Å². The average Bonchev–Trinajstić information content (AvgIpc) is 2.84. The van der Waals surface area contributed by atoms with E-state index in [4.69, 9.17) is 0 Å². The predicted molar refractivity (Wildman–Crippen MR) is 77.8 cm³/mol. The van der Waals surface area contributed by atoms with Crippen LogP contribution in [0.1, 0.15) is 56.0 Å². The molecule has 0 aromatic carbocycles. The first-order valence-corrected chi connectivity index (χ1v) is 7.37. The maximum Gasteiger partial charge on any atom is 0.116 e.